The number of anilines is 1. The minimum absolute atomic E-state index is 0.00816. The summed E-state index contributed by atoms with van der Waals surface area (Å²) in [5.41, 5.74) is 1.33. The highest BCUT2D eigenvalue weighted by Crippen LogP contribution is 2.40. The molecule has 1 saturated heterocycles. The number of amidine groups is 1. The molecule has 8 heteroatoms. The number of hydrogen-bond donors (Lipinski definition) is 1. The first kappa shape index (κ1) is 27.1. The van der Waals surface area contributed by atoms with Gasteiger partial charge in [-0.1, -0.05) is 78.9 Å². The van der Waals surface area contributed by atoms with Crippen molar-refractivity contribution in [2.24, 2.45) is 4.99 Å². The molecule has 1 saturated carbocycles. The third-order valence-corrected chi connectivity index (χ3v) is 9.41. The summed E-state index contributed by atoms with van der Waals surface area (Å²) in [7, 11) is 0. The third-order valence-electron chi connectivity index (χ3n) is 7.95. The predicted octanol–water partition coefficient (Wildman–Crippen LogP) is 5.91. The quantitative estimate of drug-likeness (QED) is 0.479. The molecule has 2 fully saturated rings. The van der Waals surface area contributed by atoms with Gasteiger partial charge in [0.2, 0.25) is 5.91 Å². The van der Waals surface area contributed by atoms with Gasteiger partial charge in [-0.3, -0.25) is 19.5 Å². The molecule has 3 aliphatic rings. The molecule has 0 spiro atoms. The van der Waals surface area contributed by atoms with Crippen molar-refractivity contribution in [2.75, 3.05) is 30.3 Å². The van der Waals surface area contributed by atoms with Crippen LogP contribution in [0.15, 0.2) is 53.5 Å². The van der Waals surface area contributed by atoms with Gasteiger partial charge >= 0.3 is 0 Å². The summed E-state index contributed by atoms with van der Waals surface area (Å²) in [6, 6.07) is 15.4. The number of thioether (sulfide) groups is 1. The number of carbonyl (C=O) groups excluding carboxylic acids is 2. The van der Waals surface area contributed by atoms with Crippen molar-refractivity contribution in [3.63, 3.8) is 0 Å². The van der Waals surface area contributed by atoms with Crippen LogP contribution >= 0.6 is 23.4 Å². The Labute approximate surface area is 235 Å². The normalized spacial score (nSPS) is 23.4. The fraction of sp³-hybridized carbons (Fsp3) is 0.500. The van der Waals surface area contributed by atoms with E-state index in [1.54, 1.807) is 28.8 Å². The minimum atomic E-state index is -1.24. The summed E-state index contributed by atoms with van der Waals surface area (Å²) in [6.07, 6.45) is 8.82. The maximum Gasteiger partial charge on any atom is 0.252 e. The Morgan fingerprint density at radius 3 is 2.29 bits per heavy atom. The number of likely N-dealkylation sites (tertiary alicyclic amines) is 1. The molecule has 38 heavy (non-hydrogen) atoms. The maximum atomic E-state index is 14.7. The second kappa shape index (κ2) is 12.1. The molecule has 5 rings (SSSR count). The summed E-state index contributed by atoms with van der Waals surface area (Å²) in [5, 5.41) is 4.87. The van der Waals surface area contributed by atoms with E-state index in [4.69, 9.17) is 16.6 Å². The van der Waals surface area contributed by atoms with E-state index in [9.17, 15) is 9.59 Å². The Balaban J connectivity index is 1.63. The number of benzene rings is 2. The number of carbonyl (C=O) groups is 2. The Morgan fingerprint density at radius 2 is 1.63 bits per heavy atom. The van der Waals surface area contributed by atoms with E-state index in [2.05, 4.69) is 10.2 Å². The zero-order chi connectivity index (χ0) is 26.5. The number of aryl methyl sites for hydroxylation is 1. The predicted molar refractivity (Wildman–Crippen MR) is 157 cm³/mol. The number of halogens is 1. The van der Waals surface area contributed by atoms with Crippen molar-refractivity contribution in [3.05, 3.63) is 64.7 Å². The number of hydrogen-bond acceptors (Lipinski definition) is 5. The summed E-state index contributed by atoms with van der Waals surface area (Å²) in [4.78, 5) is 37.5. The maximum absolute atomic E-state index is 14.7. The van der Waals surface area contributed by atoms with Crippen molar-refractivity contribution in [1.29, 1.82) is 0 Å². The van der Waals surface area contributed by atoms with Crippen molar-refractivity contribution in [3.8, 4) is 0 Å². The van der Waals surface area contributed by atoms with Gasteiger partial charge < -0.3 is 10.2 Å². The SMILES string of the molecule is Cc1ccc(C2(C(=O)NC3CCCCCC3)CSC(N3CCCC3)=NCC(=O)N2c2ccc(Cl)cc2)cc1. The van der Waals surface area contributed by atoms with Crippen LogP contribution in [0, 0.1) is 6.92 Å². The lowest BCUT2D eigenvalue weighted by Gasteiger charge is -2.44. The van der Waals surface area contributed by atoms with Gasteiger partial charge in [-0.25, -0.2) is 0 Å². The number of aliphatic imine (C=N–C) groups is 1. The van der Waals surface area contributed by atoms with Crippen molar-refractivity contribution >= 4 is 46.0 Å². The molecule has 2 aromatic carbocycles. The molecule has 2 amide bonds. The van der Waals surface area contributed by atoms with Gasteiger partial charge in [-0.15, -0.1) is 0 Å². The lowest BCUT2D eigenvalue weighted by molar-refractivity contribution is -0.130. The molecule has 1 unspecified atom stereocenters. The van der Waals surface area contributed by atoms with E-state index in [0.717, 1.165) is 67.9 Å². The van der Waals surface area contributed by atoms with Crippen molar-refractivity contribution in [1.82, 2.24) is 10.2 Å². The Kier molecular flexibility index (Phi) is 8.64. The zero-order valence-electron chi connectivity index (χ0n) is 22.1. The first-order valence-corrected chi connectivity index (χ1v) is 15.2. The molecule has 2 aromatic rings. The molecule has 2 aliphatic heterocycles. The number of amides is 2. The molecular weight excluding hydrogens is 516 g/mol. The van der Waals surface area contributed by atoms with Crippen molar-refractivity contribution in [2.45, 2.75) is 69.9 Å². The van der Waals surface area contributed by atoms with Gasteiger partial charge in [0.15, 0.2) is 10.7 Å². The van der Waals surface area contributed by atoms with Crippen LogP contribution in [0.1, 0.15) is 62.5 Å². The Morgan fingerprint density at radius 1 is 0.974 bits per heavy atom. The highest BCUT2D eigenvalue weighted by molar-refractivity contribution is 8.13. The molecule has 1 aliphatic carbocycles. The largest absolute Gasteiger partial charge is 0.351 e. The molecular formula is C30H37ClN4O2S. The molecule has 1 N–H and O–H groups in total. The summed E-state index contributed by atoms with van der Waals surface area (Å²) in [6.45, 7) is 3.90. The highest BCUT2D eigenvalue weighted by Gasteiger charge is 2.50. The van der Waals surface area contributed by atoms with Crippen LogP contribution in [-0.2, 0) is 15.1 Å². The summed E-state index contributed by atoms with van der Waals surface area (Å²) < 4.78 is 0. The molecule has 0 aromatic heterocycles. The number of nitrogens with one attached hydrogen (secondary N) is 1. The van der Waals surface area contributed by atoms with Gasteiger partial charge in [0.05, 0.1) is 0 Å². The Bertz CT molecular complexity index is 1160. The highest BCUT2D eigenvalue weighted by atomic mass is 35.5. The van der Waals surface area contributed by atoms with Crippen LogP contribution in [0.2, 0.25) is 5.02 Å². The fourth-order valence-corrected chi connectivity index (χ4v) is 7.23. The molecule has 0 radical (unpaired) electrons. The van der Waals surface area contributed by atoms with Gasteiger partial charge in [0.25, 0.3) is 5.91 Å². The van der Waals surface area contributed by atoms with Crippen LogP contribution in [0.25, 0.3) is 0 Å². The lowest BCUT2D eigenvalue weighted by Crippen LogP contribution is -2.63. The molecule has 202 valence electrons. The molecule has 2 heterocycles. The molecule has 1 atom stereocenters. The van der Waals surface area contributed by atoms with Crippen LogP contribution in [0.3, 0.4) is 0 Å². The third kappa shape index (κ3) is 5.74. The van der Waals surface area contributed by atoms with E-state index >= 15 is 0 Å². The van der Waals surface area contributed by atoms with E-state index < -0.39 is 5.54 Å². The average Bonchev–Trinajstić information content (AvgIpc) is 3.32. The zero-order valence-corrected chi connectivity index (χ0v) is 23.7. The second-order valence-corrected chi connectivity index (χ2v) is 12.1. The van der Waals surface area contributed by atoms with Gasteiger partial charge in [0, 0.05) is 35.6 Å². The monoisotopic (exact) mass is 552 g/mol. The second-order valence-electron chi connectivity index (χ2n) is 10.7. The molecule has 6 nitrogen and oxygen atoms in total. The first-order chi connectivity index (χ1) is 18.5. The number of rotatable bonds is 4. The van der Waals surface area contributed by atoms with Gasteiger partial charge in [-0.05, 0) is 62.4 Å². The van der Waals surface area contributed by atoms with Crippen LogP contribution in [0.4, 0.5) is 5.69 Å². The van der Waals surface area contributed by atoms with E-state index in [1.165, 1.54) is 12.8 Å². The van der Waals surface area contributed by atoms with Crippen LogP contribution < -0.4 is 10.2 Å². The minimum Gasteiger partial charge on any atom is -0.351 e. The summed E-state index contributed by atoms with van der Waals surface area (Å²) >= 11 is 7.83. The standard InChI is InChI=1S/C30H37ClN4O2S/c1-22-10-12-23(13-11-22)30(28(37)33-25-8-4-2-3-5-9-25)21-38-29(34-18-6-7-19-34)32-20-27(36)35(30)26-16-14-24(31)15-17-26/h10-17,25H,2-9,18-21H2,1H3,(H,33,37). The van der Waals surface area contributed by atoms with E-state index in [0.29, 0.717) is 16.5 Å². The lowest BCUT2D eigenvalue weighted by atomic mass is 9.86. The summed E-state index contributed by atoms with van der Waals surface area (Å²) in [5.74, 6) is 0.0610. The van der Waals surface area contributed by atoms with Crippen molar-refractivity contribution < 1.29 is 9.59 Å². The fourth-order valence-electron chi connectivity index (χ4n) is 5.82. The van der Waals surface area contributed by atoms with Gasteiger partial charge in [-0.2, -0.15) is 0 Å². The topological polar surface area (TPSA) is 65.0 Å². The van der Waals surface area contributed by atoms with Gasteiger partial charge in [0.1, 0.15) is 6.54 Å². The Hall–Kier alpha value is -2.51. The van der Waals surface area contributed by atoms with Crippen LogP contribution in [0.5, 0.6) is 0 Å². The average molecular weight is 553 g/mol. The smallest absolute Gasteiger partial charge is 0.252 e. The van der Waals surface area contributed by atoms with E-state index in [-0.39, 0.29) is 24.4 Å². The first-order valence-electron chi connectivity index (χ1n) is 13.9. The van der Waals surface area contributed by atoms with E-state index in [1.807, 2.05) is 43.3 Å². The number of nitrogens with zero attached hydrogens (tertiary/aromatic N) is 3. The molecule has 0 bridgehead atoms. The van der Waals surface area contributed by atoms with Crippen LogP contribution in [-0.4, -0.2) is 53.3 Å².